The lowest BCUT2D eigenvalue weighted by molar-refractivity contribution is 0.389. The number of hydrogen-bond acceptors (Lipinski definition) is 4. The van der Waals surface area contributed by atoms with Crippen molar-refractivity contribution < 1.29 is 13.0 Å². The van der Waals surface area contributed by atoms with E-state index in [4.69, 9.17) is 9.54 Å². The Balaban J connectivity index is 1.70. The third kappa shape index (κ3) is 4.72. The maximum Gasteiger partial charge on any atom is 0.264 e. The third-order valence-electron chi connectivity index (χ3n) is 6.49. The Kier molecular flexibility index (Phi) is 6.40. The van der Waals surface area contributed by atoms with Gasteiger partial charge in [-0.1, -0.05) is 15.9 Å². The lowest BCUT2D eigenvalue weighted by atomic mass is 9.93. The van der Waals surface area contributed by atoms with Crippen LogP contribution in [-0.2, 0) is 10.1 Å². The van der Waals surface area contributed by atoms with Crippen molar-refractivity contribution in [1.29, 1.82) is 0 Å². The van der Waals surface area contributed by atoms with Crippen molar-refractivity contribution in [3.63, 3.8) is 0 Å². The van der Waals surface area contributed by atoms with E-state index in [0.29, 0.717) is 12.3 Å². The predicted molar refractivity (Wildman–Crippen MR) is 134 cm³/mol. The zero-order chi connectivity index (χ0) is 23.2. The summed E-state index contributed by atoms with van der Waals surface area (Å²) in [7, 11) is -3.89. The number of piperidine rings is 1. The molecule has 0 spiro atoms. The van der Waals surface area contributed by atoms with Gasteiger partial charge in [-0.25, -0.2) is 4.98 Å². The molecular formula is C24H30BrN3O3S. The highest BCUT2D eigenvalue weighted by Gasteiger charge is 2.24. The van der Waals surface area contributed by atoms with Crippen molar-refractivity contribution in [2.75, 3.05) is 23.7 Å². The summed E-state index contributed by atoms with van der Waals surface area (Å²) >= 11 is 3.60. The van der Waals surface area contributed by atoms with Crippen molar-refractivity contribution in [3.8, 4) is 5.69 Å². The van der Waals surface area contributed by atoms with Gasteiger partial charge in [-0.05, 0) is 87.8 Å². The van der Waals surface area contributed by atoms with Gasteiger partial charge in [0, 0.05) is 40.5 Å². The van der Waals surface area contributed by atoms with Gasteiger partial charge in [0.15, 0.2) is 0 Å². The van der Waals surface area contributed by atoms with Crippen molar-refractivity contribution in [2.45, 2.75) is 47.0 Å². The van der Waals surface area contributed by atoms with Crippen LogP contribution in [-0.4, -0.2) is 41.4 Å². The number of hydrogen-bond donors (Lipinski definition) is 1. The number of fused-ring (bicyclic) bond motifs is 1. The molecular weight excluding hydrogens is 490 g/mol. The first-order chi connectivity index (χ1) is 15.0. The Morgan fingerprint density at radius 3 is 2.28 bits per heavy atom. The topological polar surface area (TPSA) is 75.4 Å². The summed E-state index contributed by atoms with van der Waals surface area (Å²) in [5, 5.41) is 1.17. The maximum absolute atomic E-state index is 11.1. The van der Waals surface area contributed by atoms with Crippen LogP contribution in [0.5, 0.6) is 0 Å². The van der Waals surface area contributed by atoms with Crippen LogP contribution in [0.2, 0.25) is 0 Å². The number of anilines is 1. The number of halogens is 1. The fourth-order valence-electron chi connectivity index (χ4n) is 4.99. The summed E-state index contributed by atoms with van der Waals surface area (Å²) in [4.78, 5) is 7.34. The molecule has 2 aromatic heterocycles. The first kappa shape index (κ1) is 23.3. The van der Waals surface area contributed by atoms with Crippen LogP contribution in [0.3, 0.4) is 0 Å². The van der Waals surface area contributed by atoms with Gasteiger partial charge < -0.3 is 9.47 Å². The van der Waals surface area contributed by atoms with Crippen LogP contribution >= 0.6 is 15.9 Å². The normalized spacial score (nSPS) is 15.6. The van der Waals surface area contributed by atoms with Gasteiger partial charge >= 0.3 is 0 Å². The second-order valence-corrected chi connectivity index (χ2v) is 11.5. The minimum atomic E-state index is -3.89. The van der Waals surface area contributed by atoms with Crippen molar-refractivity contribution in [1.82, 2.24) is 9.55 Å². The van der Waals surface area contributed by atoms with E-state index in [-0.39, 0.29) is 5.75 Å². The van der Waals surface area contributed by atoms with E-state index < -0.39 is 10.1 Å². The molecule has 0 aliphatic carbocycles. The van der Waals surface area contributed by atoms with E-state index >= 15 is 0 Å². The van der Waals surface area contributed by atoms with Crippen LogP contribution in [0.25, 0.3) is 16.7 Å². The molecule has 1 aliphatic heterocycles. The molecule has 32 heavy (non-hydrogen) atoms. The molecule has 1 fully saturated rings. The van der Waals surface area contributed by atoms with Crippen LogP contribution in [0, 0.1) is 33.6 Å². The highest BCUT2D eigenvalue weighted by atomic mass is 79.9. The Morgan fingerprint density at radius 2 is 1.69 bits per heavy atom. The fraction of sp³-hybridized carbons (Fsp3) is 0.458. The molecule has 1 N–H and O–H groups in total. The second kappa shape index (κ2) is 8.80. The Hall–Kier alpha value is -1.90. The largest absolute Gasteiger partial charge is 0.371 e. The van der Waals surface area contributed by atoms with Gasteiger partial charge in [-0.15, -0.1) is 0 Å². The first-order valence-corrected chi connectivity index (χ1v) is 13.4. The van der Waals surface area contributed by atoms with Gasteiger partial charge in [0.1, 0.15) is 5.65 Å². The summed E-state index contributed by atoms with van der Waals surface area (Å²) in [6.45, 7) is 10.2. The van der Waals surface area contributed by atoms with Gasteiger partial charge in [-0.3, -0.25) is 4.55 Å². The molecule has 4 rings (SSSR count). The van der Waals surface area contributed by atoms with Gasteiger partial charge in [-0.2, -0.15) is 8.42 Å². The molecule has 0 unspecified atom stereocenters. The summed E-state index contributed by atoms with van der Waals surface area (Å²) in [5.74, 6) is 0.176. The number of rotatable bonds is 5. The third-order valence-corrected chi connectivity index (χ3v) is 7.70. The number of aromatic nitrogens is 2. The molecule has 0 atom stereocenters. The number of benzene rings is 1. The van der Waals surface area contributed by atoms with Gasteiger partial charge in [0.05, 0.1) is 11.4 Å². The van der Waals surface area contributed by atoms with E-state index in [1.807, 2.05) is 6.92 Å². The highest BCUT2D eigenvalue weighted by molar-refractivity contribution is 9.10. The molecule has 0 radical (unpaired) electrons. The minimum Gasteiger partial charge on any atom is -0.371 e. The number of nitrogens with zero attached hydrogens (tertiary/aromatic N) is 3. The lowest BCUT2D eigenvalue weighted by Crippen LogP contribution is -2.34. The standard InChI is InChI=1S/C24H30BrN3O3S/c1-15-11-20(25)12-16(2)23(15)28-14-17(3)22-21(13-18(4)26-24(22)28)27-8-5-19(6-9-27)7-10-32(29,30)31/h11-14,19H,5-10H2,1-4H3,(H,29,30,31). The summed E-state index contributed by atoms with van der Waals surface area (Å²) in [5.41, 5.74) is 7.89. The molecule has 1 aromatic carbocycles. The molecule has 0 saturated carbocycles. The highest BCUT2D eigenvalue weighted by Crippen LogP contribution is 2.36. The first-order valence-electron chi connectivity index (χ1n) is 11.0. The average Bonchev–Trinajstić information content (AvgIpc) is 3.01. The number of pyridine rings is 1. The van der Waals surface area contributed by atoms with Crippen LogP contribution < -0.4 is 4.90 Å². The molecule has 8 heteroatoms. The molecule has 3 heterocycles. The average molecular weight is 520 g/mol. The Morgan fingerprint density at radius 1 is 1.06 bits per heavy atom. The van der Waals surface area contributed by atoms with Crippen LogP contribution in [0.1, 0.15) is 41.6 Å². The summed E-state index contributed by atoms with van der Waals surface area (Å²) < 4.78 is 34.6. The van der Waals surface area contributed by atoms with Crippen molar-refractivity contribution >= 4 is 42.8 Å². The van der Waals surface area contributed by atoms with E-state index in [1.165, 1.54) is 33.5 Å². The second-order valence-electron chi connectivity index (χ2n) is 9.06. The SMILES string of the molecule is Cc1cc(N2CCC(CCS(=O)(=O)O)CC2)c2c(C)cn(-c3c(C)cc(Br)cc3C)c2n1. The smallest absolute Gasteiger partial charge is 0.264 e. The molecule has 1 aliphatic rings. The Labute approximate surface area is 198 Å². The van der Waals surface area contributed by atoms with E-state index in [0.717, 1.165) is 41.7 Å². The zero-order valence-electron chi connectivity index (χ0n) is 19.0. The molecule has 0 bridgehead atoms. The summed E-state index contributed by atoms with van der Waals surface area (Å²) in [6.07, 6.45) is 4.55. The monoisotopic (exact) mass is 519 g/mol. The fourth-order valence-corrected chi connectivity index (χ4v) is 6.31. The quantitative estimate of drug-likeness (QED) is 0.449. The van der Waals surface area contributed by atoms with Crippen LogP contribution in [0.4, 0.5) is 5.69 Å². The van der Waals surface area contributed by atoms with Crippen molar-refractivity contribution in [3.05, 3.63) is 51.3 Å². The Bertz CT molecular complexity index is 1250. The molecule has 1 saturated heterocycles. The summed E-state index contributed by atoms with van der Waals surface area (Å²) in [6, 6.07) is 6.44. The maximum atomic E-state index is 11.1. The minimum absolute atomic E-state index is 0.149. The molecule has 0 amide bonds. The zero-order valence-corrected chi connectivity index (χ0v) is 21.4. The molecule has 3 aromatic rings. The predicted octanol–water partition coefficient (Wildman–Crippen LogP) is 5.52. The van der Waals surface area contributed by atoms with Crippen molar-refractivity contribution in [2.24, 2.45) is 5.92 Å². The lowest BCUT2D eigenvalue weighted by Gasteiger charge is -2.34. The van der Waals surface area contributed by atoms with E-state index in [9.17, 15) is 8.42 Å². The number of aryl methyl sites for hydroxylation is 4. The van der Waals surface area contributed by atoms with E-state index in [2.05, 4.69) is 70.6 Å². The van der Waals surface area contributed by atoms with Gasteiger partial charge in [0.25, 0.3) is 10.1 Å². The van der Waals surface area contributed by atoms with E-state index in [1.54, 1.807) is 0 Å². The van der Waals surface area contributed by atoms with Crippen LogP contribution in [0.15, 0.2) is 28.9 Å². The molecule has 172 valence electrons. The van der Waals surface area contributed by atoms with Gasteiger partial charge in [0.2, 0.25) is 0 Å². The molecule has 6 nitrogen and oxygen atoms in total.